The lowest BCUT2D eigenvalue weighted by atomic mass is 9.89. The minimum absolute atomic E-state index is 0.0595. The summed E-state index contributed by atoms with van der Waals surface area (Å²) >= 11 is 0. The van der Waals surface area contributed by atoms with Gasteiger partial charge >= 0.3 is 6.18 Å². The van der Waals surface area contributed by atoms with Gasteiger partial charge in [0, 0.05) is 18.5 Å². The number of nitrogens with zero attached hydrogens (tertiary/aromatic N) is 1. The number of alkyl halides is 3. The first-order valence-electron chi connectivity index (χ1n) is 5.99. The Labute approximate surface area is 98.6 Å². The van der Waals surface area contributed by atoms with Crippen LogP contribution in [0.2, 0.25) is 0 Å². The van der Waals surface area contributed by atoms with Crippen LogP contribution in [0.3, 0.4) is 0 Å². The number of fused-ring (bicyclic) bond motifs is 1. The predicted octanol–water partition coefficient (Wildman–Crippen LogP) is 3.28. The fraction of sp³-hybridized carbons (Fsp3) is 0.750. The number of hydrogen-bond acceptors (Lipinski definition) is 1. The minimum atomic E-state index is -4.08. The lowest BCUT2D eigenvalue weighted by Crippen LogP contribution is -2.28. The number of hydrogen-bond donors (Lipinski definition) is 1. The Morgan fingerprint density at radius 2 is 2.12 bits per heavy atom. The molecule has 0 fully saturated rings. The number of aromatic amines is 1. The molecule has 17 heavy (non-hydrogen) atoms. The van der Waals surface area contributed by atoms with E-state index in [0.717, 1.165) is 17.9 Å². The largest absolute Gasteiger partial charge is 0.392 e. The molecule has 1 unspecified atom stereocenters. The molecule has 2 nitrogen and oxygen atoms in total. The van der Waals surface area contributed by atoms with Crippen LogP contribution in [-0.2, 0) is 19.3 Å². The van der Waals surface area contributed by atoms with Crippen LogP contribution in [-0.4, -0.2) is 16.1 Å². The molecule has 0 aromatic carbocycles. The summed E-state index contributed by atoms with van der Waals surface area (Å²) in [7, 11) is 0. The van der Waals surface area contributed by atoms with Crippen LogP contribution in [0.5, 0.6) is 0 Å². The van der Waals surface area contributed by atoms with E-state index < -0.39 is 12.1 Å². The second-order valence-corrected chi connectivity index (χ2v) is 5.19. The van der Waals surface area contributed by atoms with Crippen LogP contribution in [0.25, 0.3) is 0 Å². The van der Waals surface area contributed by atoms with E-state index in [0.29, 0.717) is 18.0 Å². The number of nitrogens with one attached hydrogen (secondary N) is 1. The maximum absolute atomic E-state index is 12.6. The summed E-state index contributed by atoms with van der Waals surface area (Å²) in [4.78, 5) is 7.44. The highest BCUT2D eigenvalue weighted by Gasteiger charge is 2.41. The molecule has 1 aromatic rings. The Bertz CT molecular complexity index is 393. The van der Waals surface area contributed by atoms with Crippen LogP contribution in [0.4, 0.5) is 13.2 Å². The van der Waals surface area contributed by atoms with Gasteiger partial charge in [0.25, 0.3) is 0 Å². The lowest BCUT2D eigenvalue weighted by molar-refractivity contribution is -0.177. The van der Waals surface area contributed by atoms with E-state index in [2.05, 4.69) is 23.8 Å². The SMILES string of the molecule is CC(C)Cc1nc2c([nH]1)CC(C(F)(F)F)CC2. The van der Waals surface area contributed by atoms with E-state index in [4.69, 9.17) is 0 Å². The predicted molar refractivity (Wildman–Crippen MR) is 58.7 cm³/mol. The fourth-order valence-corrected chi connectivity index (χ4v) is 2.30. The van der Waals surface area contributed by atoms with Crippen molar-refractivity contribution in [2.45, 2.75) is 45.7 Å². The third kappa shape index (κ3) is 2.82. The van der Waals surface area contributed by atoms with Gasteiger partial charge in [-0.25, -0.2) is 4.98 Å². The smallest absolute Gasteiger partial charge is 0.346 e. The first kappa shape index (κ1) is 12.5. The number of aromatic nitrogens is 2. The highest BCUT2D eigenvalue weighted by Crippen LogP contribution is 2.36. The van der Waals surface area contributed by atoms with E-state index in [-0.39, 0.29) is 12.8 Å². The molecule has 1 aromatic heterocycles. The van der Waals surface area contributed by atoms with E-state index >= 15 is 0 Å². The van der Waals surface area contributed by atoms with Gasteiger partial charge in [-0.05, 0) is 18.8 Å². The fourth-order valence-electron chi connectivity index (χ4n) is 2.30. The summed E-state index contributed by atoms with van der Waals surface area (Å²) in [6, 6.07) is 0. The Morgan fingerprint density at radius 1 is 1.41 bits per heavy atom. The Balaban J connectivity index is 2.13. The highest BCUT2D eigenvalue weighted by atomic mass is 19.4. The van der Waals surface area contributed by atoms with Crippen molar-refractivity contribution in [3.05, 3.63) is 17.2 Å². The number of rotatable bonds is 2. The molecule has 0 aliphatic heterocycles. The van der Waals surface area contributed by atoms with Gasteiger partial charge in [-0.3, -0.25) is 0 Å². The van der Waals surface area contributed by atoms with Crippen molar-refractivity contribution in [2.24, 2.45) is 11.8 Å². The molecule has 1 N–H and O–H groups in total. The molecular weight excluding hydrogens is 229 g/mol. The normalized spacial score (nSPS) is 20.7. The average molecular weight is 246 g/mol. The molecule has 1 aliphatic carbocycles. The molecule has 1 heterocycles. The van der Waals surface area contributed by atoms with Crippen molar-refractivity contribution in [2.75, 3.05) is 0 Å². The Hall–Kier alpha value is -1.00. The van der Waals surface area contributed by atoms with Crippen molar-refractivity contribution < 1.29 is 13.2 Å². The summed E-state index contributed by atoms with van der Waals surface area (Å²) in [5.41, 5.74) is 1.52. The van der Waals surface area contributed by atoms with Crippen molar-refractivity contribution in [3.63, 3.8) is 0 Å². The first-order chi connectivity index (χ1) is 7.86. The minimum Gasteiger partial charge on any atom is -0.346 e. The maximum Gasteiger partial charge on any atom is 0.392 e. The second-order valence-electron chi connectivity index (χ2n) is 5.19. The van der Waals surface area contributed by atoms with Crippen LogP contribution in [0.15, 0.2) is 0 Å². The van der Waals surface area contributed by atoms with Gasteiger partial charge in [0.05, 0.1) is 11.6 Å². The second kappa shape index (κ2) is 4.35. The first-order valence-corrected chi connectivity index (χ1v) is 5.99. The van der Waals surface area contributed by atoms with Gasteiger partial charge in [-0.2, -0.15) is 13.2 Å². The molecule has 0 spiro atoms. The van der Waals surface area contributed by atoms with Crippen molar-refractivity contribution in [1.82, 2.24) is 9.97 Å². The van der Waals surface area contributed by atoms with Crippen molar-refractivity contribution >= 4 is 0 Å². The van der Waals surface area contributed by atoms with Gasteiger partial charge in [-0.1, -0.05) is 13.8 Å². The average Bonchev–Trinajstić information content (AvgIpc) is 2.55. The van der Waals surface area contributed by atoms with Crippen LogP contribution in [0.1, 0.15) is 37.5 Å². The van der Waals surface area contributed by atoms with Crippen molar-refractivity contribution in [3.8, 4) is 0 Å². The van der Waals surface area contributed by atoms with Crippen molar-refractivity contribution in [1.29, 1.82) is 0 Å². The van der Waals surface area contributed by atoms with E-state index in [9.17, 15) is 13.2 Å². The zero-order valence-corrected chi connectivity index (χ0v) is 10.1. The number of H-pyrrole nitrogens is 1. The summed E-state index contributed by atoms with van der Waals surface area (Å²) in [6.45, 7) is 4.14. The molecular formula is C12H17F3N2. The van der Waals surface area contributed by atoms with E-state index in [1.54, 1.807) is 0 Å². The molecule has 1 atom stereocenters. The standard InChI is InChI=1S/C12H17F3N2/c1-7(2)5-11-16-9-4-3-8(12(13,14)15)6-10(9)17-11/h7-8H,3-6H2,1-2H3,(H,16,17). The zero-order valence-electron chi connectivity index (χ0n) is 10.1. The maximum atomic E-state index is 12.6. The summed E-state index contributed by atoms with van der Waals surface area (Å²) < 4.78 is 37.9. The summed E-state index contributed by atoms with van der Waals surface area (Å²) in [5, 5.41) is 0. The molecule has 96 valence electrons. The van der Waals surface area contributed by atoms with E-state index in [1.165, 1.54) is 0 Å². The molecule has 2 rings (SSSR count). The van der Waals surface area contributed by atoms with Gasteiger partial charge < -0.3 is 4.98 Å². The molecule has 1 aliphatic rings. The third-order valence-corrected chi connectivity index (χ3v) is 3.16. The van der Waals surface area contributed by atoms with Crippen LogP contribution in [0, 0.1) is 11.8 Å². The van der Waals surface area contributed by atoms with Gasteiger partial charge in [0.15, 0.2) is 0 Å². The topological polar surface area (TPSA) is 28.7 Å². The highest BCUT2D eigenvalue weighted by molar-refractivity contribution is 5.19. The zero-order chi connectivity index (χ0) is 12.6. The number of imidazole rings is 1. The third-order valence-electron chi connectivity index (χ3n) is 3.16. The molecule has 0 amide bonds. The quantitative estimate of drug-likeness (QED) is 0.852. The lowest BCUT2D eigenvalue weighted by Gasteiger charge is -2.23. The molecule has 0 saturated heterocycles. The Morgan fingerprint density at radius 3 is 2.71 bits per heavy atom. The summed E-state index contributed by atoms with van der Waals surface area (Å²) in [5.74, 6) is 0.0798. The van der Waals surface area contributed by atoms with Gasteiger partial charge in [0.2, 0.25) is 0 Å². The monoisotopic (exact) mass is 246 g/mol. The van der Waals surface area contributed by atoms with Gasteiger partial charge in [0.1, 0.15) is 5.82 Å². The Kier molecular flexibility index (Phi) is 3.19. The van der Waals surface area contributed by atoms with Crippen LogP contribution < -0.4 is 0 Å². The van der Waals surface area contributed by atoms with E-state index in [1.807, 2.05) is 0 Å². The molecule has 5 heteroatoms. The van der Waals surface area contributed by atoms with Gasteiger partial charge in [-0.15, -0.1) is 0 Å². The summed E-state index contributed by atoms with van der Waals surface area (Å²) in [6.07, 6.45) is -2.62. The number of halogens is 3. The van der Waals surface area contributed by atoms with Crippen LogP contribution >= 0.6 is 0 Å². The number of aryl methyl sites for hydroxylation is 1. The molecule has 0 radical (unpaired) electrons. The molecule has 0 saturated carbocycles. The molecule has 0 bridgehead atoms.